The lowest BCUT2D eigenvalue weighted by Gasteiger charge is -2.12. The summed E-state index contributed by atoms with van der Waals surface area (Å²) >= 11 is 3.24. The maximum absolute atomic E-state index is 11.9. The van der Waals surface area contributed by atoms with E-state index in [-0.39, 0.29) is 23.2 Å². The Hall–Kier alpha value is -2.33. The Morgan fingerprint density at radius 1 is 1.45 bits per heavy atom. The van der Waals surface area contributed by atoms with Gasteiger partial charge < -0.3 is 5.11 Å². The summed E-state index contributed by atoms with van der Waals surface area (Å²) in [5, 5.41) is 19.2. The Balaban J connectivity index is 2.91. The van der Waals surface area contributed by atoms with Crippen LogP contribution in [-0.4, -0.2) is 14.7 Å². The molecule has 0 atom stereocenters. The van der Waals surface area contributed by atoms with Crippen LogP contribution >= 0.6 is 15.9 Å². The molecule has 7 heteroatoms. The summed E-state index contributed by atoms with van der Waals surface area (Å²) in [6.07, 6.45) is 0.261. The fourth-order valence-electron chi connectivity index (χ4n) is 1.89. The van der Waals surface area contributed by atoms with E-state index in [2.05, 4.69) is 20.9 Å². The van der Waals surface area contributed by atoms with Crippen molar-refractivity contribution >= 4 is 15.9 Å². The second-order valence-corrected chi connectivity index (χ2v) is 4.94. The van der Waals surface area contributed by atoms with E-state index in [1.165, 1.54) is 12.1 Å². The van der Waals surface area contributed by atoms with E-state index >= 15 is 0 Å². The van der Waals surface area contributed by atoms with Gasteiger partial charge in [0.2, 0.25) is 5.88 Å². The zero-order chi connectivity index (χ0) is 14.9. The van der Waals surface area contributed by atoms with Gasteiger partial charge in [-0.3, -0.25) is 9.78 Å². The van der Waals surface area contributed by atoms with Crippen molar-refractivity contribution in [3.63, 3.8) is 0 Å². The van der Waals surface area contributed by atoms with Gasteiger partial charge in [0.25, 0.3) is 5.56 Å². The van der Waals surface area contributed by atoms with Crippen molar-refractivity contribution in [1.82, 2.24) is 9.55 Å². The fourth-order valence-corrected chi connectivity index (χ4v) is 2.24. The summed E-state index contributed by atoms with van der Waals surface area (Å²) in [6, 6.07) is 6.63. The number of hydrogen-bond donors (Lipinski definition) is 2. The minimum Gasteiger partial charge on any atom is -0.494 e. The number of nitrogens with zero attached hydrogens (tertiary/aromatic N) is 2. The molecule has 0 saturated heterocycles. The van der Waals surface area contributed by atoms with E-state index in [0.717, 1.165) is 4.57 Å². The van der Waals surface area contributed by atoms with Gasteiger partial charge in [-0.05, 0) is 24.6 Å². The zero-order valence-corrected chi connectivity index (χ0v) is 12.1. The van der Waals surface area contributed by atoms with Crippen LogP contribution in [0, 0.1) is 11.3 Å². The smallest absolute Gasteiger partial charge is 0.335 e. The highest BCUT2D eigenvalue weighted by Gasteiger charge is 2.16. The second-order valence-electron chi connectivity index (χ2n) is 4.02. The van der Waals surface area contributed by atoms with Crippen LogP contribution in [0.1, 0.15) is 18.1 Å². The largest absolute Gasteiger partial charge is 0.494 e. The number of nitriles is 1. The molecule has 1 aromatic carbocycles. The first-order valence-electron chi connectivity index (χ1n) is 5.76. The summed E-state index contributed by atoms with van der Waals surface area (Å²) in [4.78, 5) is 25.7. The van der Waals surface area contributed by atoms with Gasteiger partial charge in [0, 0.05) is 4.47 Å². The minimum absolute atomic E-state index is 0.0912. The highest BCUT2D eigenvalue weighted by molar-refractivity contribution is 9.10. The molecule has 2 rings (SSSR count). The summed E-state index contributed by atoms with van der Waals surface area (Å²) in [5.74, 6) is -0.448. The lowest BCUT2D eigenvalue weighted by atomic mass is 10.2. The van der Waals surface area contributed by atoms with Crippen LogP contribution in [0.5, 0.6) is 5.88 Å². The normalized spacial score (nSPS) is 10.2. The Kier molecular flexibility index (Phi) is 3.77. The molecule has 0 aliphatic heterocycles. The van der Waals surface area contributed by atoms with Crippen molar-refractivity contribution in [2.75, 3.05) is 0 Å². The third-order valence-electron chi connectivity index (χ3n) is 2.85. The van der Waals surface area contributed by atoms with Gasteiger partial charge in [0.05, 0.1) is 16.8 Å². The van der Waals surface area contributed by atoms with Gasteiger partial charge in [0.1, 0.15) is 6.07 Å². The maximum atomic E-state index is 11.9. The summed E-state index contributed by atoms with van der Waals surface area (Å²) in [6.45, 7) is 1.69. The van der Waals surface area contributed by atoms with Gasteiger partial charge in [-0.15, -0.1) is 0 Å². The molecule has 0 unspecified atom stereocenters. The highest BCUT2D eigenvalue weighted by Crippen LogP contribution is 2.23. The lowest BCUT2D eigenvalue weighted by Crippen LogP contribution is -2.31. The van der Waals surface area contributed by atoms with E-state index in [4.69, 9.17) is 5.26 Å². The van der Waals surface area contributed by atoms with E-state index in [0.29, 0.717) is 4.47 Å². The number of aromatic amines is 1. The van der Waals surface area contributed by atoms with Crippen LogP contribution in [0.25, 0.3) is 5.69 Å². The molecule has 1 heterocycles. The van der Waals surface area contributed by atoms with Crippen molar-refractivity contribution in [2.24, 2.45) is 0 Å². The molecule has 0 saturated carbocycles. The molecule has 0 spiro atoms. The molecular formula is C13H10BrN3O3. The number of halogens is 1. The van der Waals surface area contributed by atoms with Crippen molar-refractivity contribution in [1.29, 1.82) is 5.26 Å². The van der Waals surface area contributed by atoms with Crippen LogP contribution in [-0.2, 0) is 6.42 Å². The number of aromatic hydroxyl groups is 1. The average molecular weight is 336 g/mol. The predicted octanol–water partition coefficient (Wildman–Crippen LogP) is 1.43. The molecule has 20 heavy (non-hydrogen) atoms. The van der Waals surface area contributed by atoms with Crippen LogP contribution in [0.3, 0.4) is 0 Å². The van der Waals surface area contributed by atoms with Crippen molar-refractivity contribution in [3.8, 4) is 17.6 Å². The third-order valence-corrected chi connectivity index (χ3v) is 3.35. The molecule has 0 aliphatic rings. The molecule has 0 fully saturated rings. The van der Waals surface area contributed by atoms with Crippen molar-refractivity contribution in [3.05, 3.63) is 54.6 Å². The summed E-state index contributed by atoms with van der Waals surface area (Å²) in [5.41, 5.74) is -0.914. The van der Waals surface area contributed by atoms with Crippen molar-refractivity contribution in [2.45, 2.75) is 13.3 Å². The number of nitrogens with one attached hydrogen (secondary N) is 1. The molecule has 6 nitrogen and oxygen atoms in total. The maximum Gasteiger partial charge on any atom is 0.335 e. The number of benzene rings is 1. The van der Waals surface area contributed by atoms with Crippen LogP contribution in [0.4, 0.5) is 0 Å². The Bertz CT molecular complexity index is 830. The van der Waals surface area contributed by atoms with E-state index in [9.17, 15) is 14.7 Å². The Morgan fingerprint density at radius 3 is 2.75 bits per heavy atom. The minimum atomic E-state index is -0.792. The van der Waals surface area contributed by atoms with E-state index in [1.807, 2.05) is 6.07 Å². The van der Waals surface area contributed by atoms with Gasteiger partial charge in [-0.2, -0.15) is 5.26 Å². The van der Waals surface area contributed by atoms with E-state index < -0.39 is 17.1 Å². The standard InChI is InChI=1S/C13H10BrN3O3/c1-2-9-11(18)16-13(20)17(12(9)19)10-5-8(14)4-3-7(10)6-15/h3-5,19H,2H2,1H3,(H,16,18,20). The second kappa shape index (κ2) is 5.35. The van der Waals surface area contributed by atoms with Gasteiger partial charge in [-0.1, -0.05) is 22.9 Å². The zero-order valence-electron chi connectivity index (χ0n) is 10.5. The quantitative estimate of drug-likeness (QED) is 0.867. The van der Waals surface area contributed by atoms with Gasteiger partial charge in [-0.25, -0.2) is 9.36 Å². The van der Waals surface area contributed by atoms with E-state index in [1.54, 1.807) is 13.0 Å². The fraction of sp³-hybridized carbons (Fsp3) is 0.154. The molecule has 0 bridgehead atoms. The van der Waals surface area contributed by atoms with Gasteiger partial charge in [0.15, 0.2) is 0 Å². The number of aromatic nitrogens is 2. The topological polar surface area (TPSA) is 98.9 Å². The number of H-pyrrole nitrogens is 1. The first-order valence-corrected chi connectivity index (χ1v) is 6.56. The monoisotopic (exact) mass is 335 g/mol. The molecule has 102 valence electrons. The molecule has 0 radical (unpaired) electrons. The van der Waals surface area contributed by atoms with Crippen LogP contribution in [0.15, 0.2) is 32.3 Å². The first-order chi connectivity index (χ1) is 9.49. The van der Waals surface area contributed by atoms with Crippen molar-refractivity contribution < 1.29 is 5.11 Å². The lowest BCUT2D eigenvalue weighted by molar-refractivity contribution is 0.423. The number of rotatable bonds is 2. The molecular weight excluding hydrogens is 326 g/mol. The Labute approximate surface area is 122 Å². The number of hydrogen-bond acceptors (Lipinski definition) is 4. The Morgan fingerprint density at radius 2 is 2.15 bits per heavy atom. The SMILES string of the molecule is CCc1c(O)n(-c2cc(Br)ccc2C#N)c(=O)[nH]c1=O. The van der Waals surface area contributed by atoms with Crippen LogP contribution < -0.4 is 11.2 Å². The highest BCUT2D eigenvalue weighted by atomic mass is 79.9. The molecule has 2 N–H and O–H groups in total. The predicted molar refractivity (Wildman–Crippen MR) is 76.1 cm³/mol. The molecule has 1 aromatic heterocycles. The average Bonchev–Trinajstić information content (AvgIpc) is 2.39. The molecule has 0 aliphatic carbocycles. The van der Waals surface area contributed by atoms with Crippen LogP contribution in [0.2, 0.25) is 0 Å². The third kappa shape index (κ3) is 2.26. The summed E-state index contributed by atoms with van der Waals surface area (Å²) in [7, 11) is 0. The molecule has 2 aromatic rings. The first kappa shape index (κ1) is 14.1. The van der Waals surface area contributed by atoms with Gasteiger partial charge >= 0.3 is 5.69 Å². The summed E-state index contributed by atoms with van der Waals surface area (Å²) < 4.78 is 1.56. The molecule has 0 amide bonds.